The molecule has 27 heavy (non-hydrogen) atoms. The number of nitro groups is 1. The minimum absolute atomic E-state index is 0.0243. The van der Waals surface area contributed by atoms with Gasteiger partial charge >= 0.3 is 11.7 Å². The number of nitrogens with zero attached hydrogens (tertiary/aromatic N) is 4. The molecule has 1 unspecified atom stereocenters. The zero-order chi connectivity index (χ0) is 19.4. The van der Waals surface area contributed by atoms with E-state index in [0.717, 1.165) is 12.8 Å². The van der Waals surface area contributed by atoms with E-state index in [1.165, 1.54) is 0 Å². The van der Waals surface area contributed by atoms with Crippen LogP contribution in [0.4, 0.5) is 17.1 Å². The third-order valence-electron chi connectivity index (χ3n) is 4.48. The van der Waals surface area contributed by atoms with Crippen LogP contribution in [0.2, 0.25) is 0 Å². The minimum Gasteiger partial charge on any atom is -0.466 e. The van der Waals surface area contributed by atoms with Crippen molar-refractivity contribution in [3.8, 4) is 0 Å². The number of anilines is 2. The zero-order valence-electron chi connectivity index (χ0n) is 14.9. The van der Waals surface area contributed by atoms with E-state index >= 15 is 0 Å². The average Bonchev–Trinajstić information content (AvgIpc) is 3.14. The van der Waals surface area contributed by atoms with Crippen LogP contribution in [-0.4, -0.2) is 59.2 Å². The molecule has 2 aromatic rings. The number of aliphatic hydroxyl groups is 1. The average molecular weight is 379 g/mol. The van der Waals surface area contributed by atoms with E-state index in [1.807, 2.05) is 4.90 Å². The highest BCUT2D eigenvalue weighted by Crippen LogP contribution is 2.39. The van der Waals surface area contributed by atoms with E-state index in [-0.39, 0.29) is 47.4 Å². The van der Waals surface area contributed by atoms with Crippen molar-refractivity contribution in [1.82, 2.24) is 10.3 Å². The summed E-state index contributed by atoms with van der Waals surface area (Å²) < 4.78 is 9.88. The van der Waals surface area contributed by atoms with Crippen LogP contribution in [0, 0.1) is 16.0 Å². The lowest BCUT2D eigenvalue weighted by Crippen LogP contribution is -2.39. The number of esters is 1. The molecule has 3 rings (SSSR count). The molecular formula is C16H21N5O6. The standard InChI is InChI=1S/C16H21N5O6/c1-2-26-16(23)10-4-3-6-20(9-10)12-8-11(17-5-7-22)15(21(24)25)14-13(12)18-27-19-14/h8,10,17,22H,2-7,9H2,1H3. The molecule has 0 spiro atoms. The fourth-order valence-electron chi connectivity index (χ4n) is 3.31. The summed E-state index contributed by atoms with van der Waals surface area (Å²) in [6.45, 7) is 3.12. The van der Waals surface area contributed by atoms with Crippen LogP contribution >= 0.6 is 0 Å². The molecule has 2 heterocycles. The van der Waals surface area contributed by atoms with E-state index in [1.54, 1.807) is 13.0 Å². The normalized spacial score (nSPS) is 17.1. The fourth-order valence-corrected chi connectivity index (χ4v) is 3.31. The highest BCUT2D eigenvalue weighted by atomic mass is 16.6. The van der Waals surface area contributed by atoms with Crippen LogP contribution in [-0.2, 0) is 9.53 Å². The quantitative estimate of drug-likeness (QED) is 0.410. The molecule has 0 bridgehead atoms. The Balaban J connectivity index is 2.00. The van der Waals surface area contributed by atoms with Crippen LogP contribution in [0.5, 0.6) is 0 Å². The number of aromatic nitrogens is 2. The molecule has 1 fully saturated rings. The molecule has 0 radical (unpaired) electrons. The largest absolute Gasteiger partial charge is 0.466 e. The van der Waals surface area contributed by atoms with E-state index < -0.39 is 4.92 Å². The summed E-state index contributed by atoms with van der Waals surface area (Å²) in [5.41, 5.74) is 0.830. The van der Waals surface area contributed by atoms with E-state index in [4.69, 9.17) is 14.5 Å². The van der Waals surface area contributed by atoms with Crippen molar-refractivity contribution in [2.24, 2.45) is 5.92 Å². The first-order valence-electron chi connectivity index (χ1n) is 8.76. The molecule has 11 heteroatoms. The predicted octanol–water partition coefficient (Wildman–Crippen LogP) is 1.31. The SMILES string of the molecule is CCOC(=O)C1CCCN(c2cc(NCCO)c([N+](=O)[O-])c3nonc23)C1. The minimum atomic E-state index is -0.562. The number of fused-ring (bicyclic) bond motifs is 1. The van der Waals surface area contributed by atoms with E-state index in [9.17, 15) is 14.9 Å². The summed E-state index contributed by atoms with van der Waals surface area (Å²) >= 11 is 0. The van der Waals surface area contributed by atoms with Gasteiger partial charge in [0.1, 0.15) is 5.69 Å². The second-order valence-corrected chi connectivity index (χ2v) is 6.20. The van der Waals surface area contributed by atoms with Crippen LogP contribution in [0.1, 0.15) is 19.8 Å². The summed E-state index contributed by atoms with van der Waals surface area (Å²) in [5.74, 6) is -0.532. The molecule has 1 aromatic heterocycles. The van der Waals surface area contributed by atoms with Crippen molar-refractivity contribution >= 4 is 34.1 Å². The first kappa shape index (κ1) is 18.8. The lowest BCUT2D eigenvalue weighted by Gasteiger charge is -2.33. The van der Waals surface area contributed by atoms with Crippen LogP contribution in [0.3, 0.4) is 0 Å². The molecular weight excluding hydrogens is 358 g/mol. The van der Waals surface area contributed by atoms with Crippen LogP contribution in [0.25, 0.3) is 11.0 Å². The molecule has 0 amide bonds. The van der Waals surface area contributed by atoms with Gasteiger partial charge in [-0.1, -0.05) is 0 Å². The predicted molar refractivity (Wildman–Crippen MR) is 95.6 cm³/mol. The third kappa shape index (κ3) is 3.77. The number of nitro benzene ring substituents is 1. The van der Waals surface area contributed by atoms with Gasteiger partial charge in [-0.15, -0.1) is 0 Å². The molecule has 0 saturated carbocycles. The van der Waals surface area contributed by atoms with Crippen LogP contribution in [0.15, 0.2) is 10.7 Å². The first-order valence-corrected chi connectivity index (χ1v) is 8.76. The van der Waals surface area contributed by atoms with E-state index in [2.05, 4.69) is 15.6 Å². The van der Waals surface area contributed by atoms with Gasteiger partial charge in [-0.25, -0.2) is 4.63 Å². The molecule has 1 atom stereocenters. The van der Waals surface area contributed by atoms with Crippen molar-refractivity contribution in [3.63, 3.8) is 0 Å². The fraction of sp³-hybridized carbons (Fsp3) is 0.562. The van der Waals surface area contributed by atoms with E-state index in [0.29, 0.717) is 25.4 Å². The maximum atomic E-state index is 12.1. The number of carbonyl (C=O) groups excluding carboxylic acids is 1. The Morgan fingerprint density at radius 2 is 2.30 bits per heavy atom. The molecule has 11 nitrogen and oxygen atoms in total. The second kappa shape index (κ2) is 8.16. The van der Waals surface area contributed by atoms with Gasteiger partial charge in [-0.05, 0) is 36.1 Å². The number of piperidine rings is 1. The topological polar surface area (TPSA) is 144 Å². The summed E-state index contributed by atoms with van der Waals surface area (Å²) in [5, 5.41) is 30.9. The van der Waals surface area contributed by atoms with Gasteiger partial charge in [0.25, 0.3) is 0 Å². The molecule has 1 saturated heterocycles. The van der Waals surface area contributed by atoms with Gasteiger partial charge in [0.2, 0.25) is 5.52 Å². The Hall–Kier alpha value is -2.95. The van der Waals surface area contributed by atoms with Crippen molar-refractivity contribution in [3.05, 3.63) is 16.2 Å². The third-order valence-corrected chi connectivity index (χ3v) is 4.48. The zero-order valence-corrected chi connectivity index (χ0v) is 14.9. The Bertz CT molecular complexity index is 838. The highest BCUT2D eigenvalue weighted by Gasteiger charge is 2.32. The summed E-state index contributed by atoms with van der Waals surface area (Å²) in [7, 11) is 0. The van der Waals surface area contributed by atoms with Gasteiger partial charge in [-0.2, -0.15) is 0 Å². The van der Waals surface area contributed by atoms with Gasteiger partial charge in [0.15, 0.2) is 5.52 Å². The summed E-state index contributed by atoms with van der Waals surface area (Å²) in [6.07, 6.45) is 1.49. The Kier molecular flexibility index (Phi) is 5.69. The summed E-state index contributed by atoms with van der Waals surface area (Å²) in [6, 6.07) is 1.59. The Labute approximate surface area is 154 Å². The smallest absolute Gasteiger partial charge is 0.323 e. The van der Waals surface area contributed by atoms with Crippen molar-refractivity contribution < 1.29 is 24.2 Å². The van der Waals surface area contributed by atoms with Crippen molar-refractivity contribution in [1.29, 1.82) is 0 Å². The van der Waals surface area contributed by atoms with Crippen LogP contribution < -0.4 is 10.2 Å². The lowest BCUT2D eigenvalue weighted by molar-refractivity contribution is -0.382. The molecule has 2 N–H and O–H groups in total. The number of carbonyl (C=O) groups is 1. The molecule has 0 aliphatic carbocycles. The number of ether oxygens (including phenoxy) is 1. The summed E-state index contributed by atoms with van der Waals surface area (Å²) in [4.78, 5) is 25.0. The molecule has 1 aromatic carbocycles. The Morgan fingerprint density at radius 1 is 1.52 bits per heavy atom. The van der Waals surface area contributed by atoms with Gasteiger partial charge in [0.05, 0.1) is 29.7 Å². The number of rotatable bonds is 7. The highest BCUT2D eigenvalue weighted by molar-refractivity contribution is 6.00. The maximum absolute atomic E-state index is 12.1. The molecule has 1 aliphatic rings. The van der Waals surface area contributed by atoms with Gasteiger partial charge in [-0.3, -0.25) is 14.9 Å². The first-order chi connectivity index (χ1) is 13.1. The Morgan fingerprint density at radius 3 is 3.00 bits per heavy atom. The number of nitrogens with one attached hydrogen (secondary N) is 1. The maximum Gasteiger partial charge on any atom is 0.323 e. The van der Waals surface area contributed by atoms with Crippen molar-refractivity contribution in [2.45, 2.75) is 19.8 Å². The number of aliphatic hydroxyl groups excluding tert-OH is 1. The number of hydrogen-bond donors (Lipinski definition) is 2. The monoisotopic (exact) mass is 379 g/mol. The lowest BCUT2D eigenvalue weighted by atomic mass is 9.97. The van der Waals surface area contributed by atoms with Crippen molar-refractivity contribution in [2.75, 3.05) is 43.1 Å². The number of hydrogen-bond acceptors (Lipinski definition) is 10. The van der Waals surface area contributed by atoms with Gasteiger partial charge in [0, 0.05) is 19.6 Å². The molecule has 146 valence electrons. The van der Waals surface area contributed by atoms with Gasteiger partial charge < -0.3 is 20.1 Å². The molecule has 1 aliphatic heterocycles. The number of benzene rings is 1. The second-order valence-electron chi connectivity index (χ2n) is 6.20.